The van der Waals surface area contributed by atoms with Crippen molar-refractivity contribution in [3.63, 3.8) is 0 Å². The Bertz CT molecular complexity index is 585. The summed E-state index contributed by atoms with van der Waals surface area (Å²) in [7, 11) is 0. The molecule has 0 heterocycles. The molecule has 0 fully saturated rings. The van der Waals surface area contributed by atoms with Gasteiger partial charge in [-0.05, 0) is 43.5 Å². The van der Waals surface area contributed by atoms with Crippen LogP contribution in [0.4, 0.5) is 5.69 Å². The van der Waals surface area contributed by atoms with Crippen molar-refractivity contribution >= 4 is 17.3 Å². The van der Waals surface area contributed by atoms with Gasteiger partial charge in [-0.15, -0.1) is 0 Å². The topological polar surface area (TPSA) is 24.1 Å². The number of nitrogens with one attached hydrogen (secondary N) is 2. The van der Waals surface area contributed by atoms with Crippen molar-refractivity contribution in [1.82, 2.24) is 5.32 Å². The van der Waals surface area contributed by atoms with Crippen LogP contribution in [0.3, 0.4) is 0 Å². The molecule has 2 N–H and O–H groups in total. The summed E-state index contributed by atoms with van der Waals surface area (Å²) in [6.07, 6.45) is 0. The number of halogens is 1. The molecule has 0 aliphatic heterocycles. The van der Waals surface area contributed by atoms with Crippen LogP contribution in [0, 0.1) is 20.8 Å². The number of hydrogen-bond donors (Lipinski definition) is 2. The van der Waals surface area contributed by atoms with Crippen LogP contribution in [0.25, 0.3) is 0 Å². The molecule has 0 aliphatic carbocycles. The molecule has 2 aromatic carbocycles. The first kappa shape index (κ1) is 15.9. The fourth-order valence-electron chi connectivity index (χ4n) is 2.60. The highest BCUT2D eigenvalue weighted by molar-refractivity contribution is 6.31. The maximum atomic E-state index is 6.13. The third kappa shape index (κ3) is 4.48. The molecule has 0 spiro atoms. The number of aryl methyl sites for hydroxylation is 3. The van der Waals surface area contributed by atoms with E-state index in [0.717, 1.165) is 30.2 Å². The zero-order valence-electron chi connectivity index (χ0n) is 13.0. The van der Waals surface area contributed by atoms with Crippen molar-refractivity contribution in [2.45, 2.75) is 27.3 Å². The highest BCUT2D eigenvalue weighted by Crippen LogP contribution is 2.21. The minimum Gasteiger partial charge on any atom is -0.383 e. The standard InChI is InChI=1S/C18H23ClN2/c1-13-10-14(2)18(15(3)11-13)21-9-8-20-12-16-6-4-5-7-17(16)19/h4-7,10-11,20-21H,8-9,12H2,1-3H3. The molecule has 0 aliphatic rings. The van der Waals surface area contributed by atoms with E-state index < -0.39 is 0 Å². The summed E-state index contributed by atoms with van der Waals surface area (Å²) >= 11 is 6.13. The number of benzene rings is 2. The molecule has 21 heavy (non-hydrogen) atoms. The van der Waals surface area contributed by atoms with Crippen LogP contribution in [0.1, 0.15) is 22.3 Å². The average Bonchev–Trinajstić information content (AvgIpc) is 2.42. The lowest BCUT2D eigenvalue weighted by Gasteiger charge is -2.14. The number of anilines is 1. The van der Waals surface area contributed by atoms with Gasteiger partial charge in [0.25, 0.3) is 0 Å². The van der Waals surface area contributed by atoms with Crippen molar-refractivity contribution in [2.24, 2.45) is 0 Å². The first-order chi connectivity index (χ1) is 10.1. The van der Waals surface area contributed by atoms with Crippen molar-refractivity contribution in [2.75, 3.05) is 18.4 Å². The maximum absolute atomic E-state index is 6.13. The van der Waals surface area contributed by atoms with Crippen LogP contribution in [0.2, 0.25) is 5.02 Å². The average molecular weight is 303 g/mol. The Hall–Kier alpha value is -1.51. The lowest BCUT2D eigenvalue weighted by Crippen LogP contribution is -2.22. The number of hydrogen-bond acceptors (Lipinski definition) is 2. The predicted octanol–water partition coefficient (Wildman–Crippen LogP) is 4.47. The van der Waals surface area contributed by atoms with Crippen molar-refractivity contribution in [3.8, 4) is 0 Å². The molecule has 3 heteroatoms. The van der Waals surface area contributed by atoms with Gasteiger partial charge in [0.1, 0.15) is 0 Å². The van der Waals surface area contributed by atoms with E-state index in [2.05, 4.69) is 49.6 Å². The largest absolute Gasteiger partial charge is 0.383 e. The fraction of sp³-hybridized carbons (Fsp3) is 0.333. The van der Waals surface area contributed by atoms with E-state index in [1.54, 1.807) is 0 Å². The molecule has 0 radical (unpaired) electrons. The van der Waals surface area contributed by atoms with E-state index in [1.165, 1.54) is 22.4 Å². The van der Waals surface area contributed by atoms with E-state index in [-0.39, 0.29) is 0 Å². The molecular weight excluding hydrogens is 280 g/mol. The maximum Gasteiger partial charge on any atom is 0.0450 e. The van der Waals surface area contributed by atoms with Crippen molar-refractivity contribution in [3.05, 3.63) is 63.7 Å². The third-order valence-electron chi connectivity index (χ3n) is 3.55. The van der Waals surface area contributed by atoms with Gasteiger partial charge in [0, 0.05) is 30.3 Å². The van der Waals surface area contributed by atoms with Gasteiger partial charge >= 0.3 is 0 Å². The lowest BCUT2D eigenvalue weighted by molar-refractivity contribution is 0.706. The summed E-state index contributed by atoms with van der Waals surface area (Å²) in [5.74, 6) is 0. The molecular formula is C18H23ClN2. The highest BCUT2D eigenvalue weighted by atomic mass is 35.5. The lowest BCUT2D eigenvalue weighted by atomic mass is 10.1. The Balaban J connectivity index is 1.79. The Labute approximate surface area is 132 Å². The second-order valence-corrected chi connectivity index (χ2v) is 5.88. The third-order valence-corrected chi connectivity index (χ3v) is 3.92. The van der Waals surface area contributed by atoms with Crippen LogP contribution in [0.5, 0.6) is 0 Å². The summed E-state index contributed by atoms with van der Waals surface area (Å²) in [5, 5.41) is 7.75. The molecule has 0 saturated heterocycles. The second-order valence-electron chi connectivity index (χ2n) is 5.47. The van der Waals surface area contributed by atoms with Gasteiger partial charge in [0.15, 0.2) is 0 Å². The van der Waals surface area contributed by atoms with Crippen LogP contribution in [0.15, 0.2) is 36.4 Å². The molecule has 0 saturated carbocycles. The fourth-order valence-corrected chi connectivity index (χ4v) is 2.80. The van der Waals surface area contributed by atoms with Gasteiger partial charge in [-0.1, -0.05) is 47.5 Å². The smallest absolute Gasteiger partial charge is 0.0450 e. The molecule has 2 nitrogen and oxygen atoms in total. The van der Waals surface area contributed by atoms with Gasteiger partial charge in [-0.25, -0.2) is 0 Å². The Morgan fingerprint density at radius 3 is 2.29 bits per heavy atom. The zero-order valence-corrected chi connectivity index (χ0v) is 13.7. The molecule has 0 atom stereocenters. The summed E-state index contributed by atoms with van der Waals surface area (Å²) < 4.78 is 0. The molecule has 2 rings (SSSR count). The first-order valence-electron chi connectivity index (χ1n) is 7.34. The van der Waals surface area contributed by atoms with E-state index >= 15 is 0 Å². The van der Waals surface area contributed by atoms with Gasteiger partial charge in [0.05, 0.1) is 0 Å². The Morgan fingerprint density at radius 2 is 1.62 bits per heavy atom. The monoisotopic (exact) mass is 302 g/mol. The summed E-state index contributed by atoms with van der Waals surface area (Å²) in [6, 6.07) is 12.4. The Kier molecular flexibility index (Phi) is 5.66. The molecule has 0 unspecified atom stereocenters. The van der Waals surface area contributed by atoms with E-state index in [9.17, 15) is 0 Å². The van der Waals surface area contributed by atoms with Gasteiger partial charge in [0.2, 0.25) is 0 Å². The van der Waals surface area contributed by atoms with Crippen LogP contribution in [-0.2, 0) is 6.54 Å². The van der Waals surface area contributed by atoms with Gasteiger partial charge in [-0.2, -0.15) is 0 Å². The predicted molar refractivity (Wildman–Crippen MR) is 92.3 cm³/mol. The van der Waals surface area contributed by atoms with Crippen molar-refractivity contribution < 1.29 is 0 Å². The number of rotatable bonds is 6. The molecule has 2 aromatic rings. The first-order valence-corrected chi connectivity index (χ1v) is 7.71. The SMILES string of the molecule is Cc1cc(C)c(NCCNCc2ccccc2Cl)c(C)c1. The Morgan fingerprint density at radius 1 is 0.952 bits per heavy atom. The van der Waals surface area contributed by atoms with E-state index in [1.807, 2.05) is 18.2 Å². The van der Waals surface area contributed by atoms with Crippen LogP contribution in [-0.4, -0.2) is 13.1 Å². The normalized spacial score (nSPS) is 10.7. The summed E-state index contributed by atoms with van der Waals surface area (Å²) in [4.78, 5) is 0. The molecule has 0 aromatic heterocycles. The summed E-state index contributed by atoms with van der Waals surface area (Å²) in [6.45, 7) is 9.04. The zero-order chi connectivity index (χ0) is 15.2. The minimum absolute atomic E-state index is 0.799. The quantitative estimate of drug-likeness (QED) is 0.770. The second kappa shape index (κ2) is 7.48. The van der Waals surface area contributed by atoms with Crippen molar-refractivity contribution in [1.29, 1.82) is 0 Å². The highest BCUT2D eigenvalue weighted by Gasteiger charge is 2.03. The van der Waals surface area contributed by atoms with Crippen LogP contribution >= 0.6 is 11.6 Å². The minimum atomic E-state index is 0.799. The summed E-state index contributed by atoms with van der Waals surface area (Å²) in [5.41, 5.74) is 6.31. The van der Waals surface area contributed by atoms with E-state index in [4.69, 9.17) is 11.6 Å². The molecule has 112 valence electrons. The molecule has 0 amide bonds. The van der Waals surface area contributed by atoms with E-state index in [0.29, 0.717) is 0 Å². The molecule has 0 bridgehead atoms. The van der Waals surface area contributed by atoms with Crippen LogP contribution < -0.4 is 10.6 Å². The van der Waals surface area contributed by atoms with Gasteiger partial charge < -0.3 is 10.6 Å². The van der Waals surface area contributed by atoms with Gasteiger partial charge in [-0.3, -0.25) is 0 Å².